The SMILES string of the molecule is O=C1NC(=O)/C(=C/c2ccc3c(c2)COC3)S1.O=C1NC(=O)C(=Cc2ccc3occc3c2)S1. The van der Waals surface area contributed by atoms with Crippen molar-refractivity contribution in [1.29, 1.82) is 0 Å². The first-order chi connectivity index (χ1) is 16.4. The molecule has 4 heterocycles. The van der Waals surface area contributed by atoms with Gasteiger partial charge in [-0.25, -0.2) is 0 Å². The quantitative estimate of drug-likeness (QED) is 0.491. The Morgan fingerprint density at radius 1 is 0.735 bits per heavy atom. The minimum atomic E-state index is -0.340. The third kappa shape index (κ3) is 4.84. The van der Waals surface area contributed by atoms with Gasteiger partial charge in [0.15, 0.2) is 0 Å². The van der Waals surface area contributed by atoms with Crippen LogP contribution in [-0.2, 0) is 27.5 Å². The number of carbonyl (C=O) groups is 4. The summed E-state index contributed by atoms with van der Waals surface area (Å²) in [6.45, 7) is 1.27. The number of carbonyl (C=O) groups excluding carboxylic acids is 4. The predicted molar refractivity (Wildman–Crippen MR) is 129 cm³/mol. The average Bonchev–Trinajstić information content (AvgIpc) is 3.57. The van der Waals surface area contributed by atoms with Crippen molar-refractivity contribution in [2.24, 2.45) is 0 Å². The zero-order valence-corrected chi connectivity index (χ0v) is 19.1. The molecule has 6 rings (SSSR count). The summed E-state index contributed by atoms with van der Waals surface area (Å²) in [6.07, 6.45) is 5.03. The second-order valence-corrected chi connectivity index (χ2v) is 9.47. The summed E-state index contributed by atoms with van der Waals surface area (Å²) in [6, 6.07) is 13.3. The number of benzene rings is 2. The molecule has 1 aromatic heterocycles. The summed E-state index contributed by atoms with van der Waals surface area (Å²) < 4.78 is 10.5. The number of fused-ring (bicyclic) bond motifs is 2. The van der Waals surface area contributed by atoms with Gasteiger partial charge in [0.05, 0.1) is 29.3 Å². The minimum Gasteiger partial charge on any atom is -0.464 e. The summed E-state index contributed by atoms with van der Waals surface area (Å²) >= 11 is 1.85. The van der Waals surface area contributed by atoms with Crippen LogP contribution >= 0.6 is 23.5 Å². The van der Waals surface area contributed by atoms with Crippen LogP contribution in [0.1, 0.15) is 22.3 Å². The van der Waals surface area contributed by atoms with Crippen LogP contribution in [0.3, 0.4) is 0 Å². The maximum Gasteiger partial charge on any atom is 0.290 e. The maximum atomic E-state index is 11.4. The zero-order chi connectivity index (χ0) is 23.7. The van der Waals surface area contributed by atoms with Crippen molar-refractivity contribution in [3.05, 3.63) is 80.8 Å². The van der Waals surface area contributed by atoms with Crippen molar-refractivity contribution in [2.75, 3.05) is 0 Å². The highest BCUT2D eigenvalue weighted by molar-refractivity contribution is 8.18. The standard InChI is InChI=1S/C12H9NO3S.C12H7NO3S/c14-11-10(17-12(15)13-11)4-7-1-2-8-5-16-6-9(8)3-7;14-11-10(17-12(15)13-11)6-7-1-2-9-8(5-7)3-4-16-9/h1-4H,5-6H2,(H,13,14,15);1-6H,(H,13,14,15)/b10-4-;. The molecule has 34 heavy (non-hydrogen) atoms. The van der Waals surface area contributed by atoms with E-state index in [1.165, 1.54) is 5.56 Å². The molecule has 0 atom stereocenters. The number of nitrogens with one attached hydrogen (secondary N) is 2. The van der Waals surface area contributed by atoms with E-state index < -0.39 is 0 Å². The normalized spacial score (nSPS) is 19.4. The van der Waals surface area contributed by atoms with Gasteiger partial charge in [0, 0.05) is 5.39 Å². The van der Waals surface area contributed by atoms with E-state index in [0.717, 1.165) is 51.2 Å². The van der Waals surface area contributed by atoms with Crippen LogP contribution in [0.25, 0.3) is 23.1 Å². The molecule has 2 fully saturated rings. The number of rotatable bonds is 2. The molecule has 0 spiro atoms. The lowest BCUT2D eigenvalue weighted by atomic mass is 10.1. The highest BCUT2D eigenvalue weighted by Crippen LogP contribution is 2.28. The Kier molecular flexibility index (Phi) is 6.10. The number of thioether (sulfide) groups is 2. The first-order valence-electron chi connectivity index (χ1n) is 10.1. The van der Waals surface area contributed by atoms with Crippen molar-refractivity contribution in [2.45, 2.75) is 13.2 Å². The molecule has 3 aliphatic rings. The lowest BCUT2D eigenvalue weighted by molar-refractivity contribution is -0.116. The van der Waals surface area contributed by atoms with Crippen molar-refractivity contribution in [1.82, 2.24) is 10.6 Å². The topological polar surface area (TPSA) is 115 Å². The van der Waals surface area contributed by atoms with E-state index in [1.807, 2.05) is 42.5 Å². The van der Waals surface area contributed by atoms with Crippen LogP contribution in [0.2, 0.25) is 0 Å². The van der Waals surface area contributed by atoms with Gasteiger partial charge in [-0.05, 0) is 82.2 Å². The zero-order valence-electron chi connectivity index (χ0n) is 17.5. The fraction of sp³-hybridized carbons (Fsp3) is 0.0833. The molecule has 10 heteroatoms. The molecule has 0 aliphatic carbocycles. The van der Waals surface area contributed by atoms with E-state index in [0.29, 0.717) is 23.0 Å². The average molecular weight is 493 g/mol. The number of furan rings is 1. The number of imide groups is 2. The lowest BCUT2D eigenvalue weighted by Crippen LogP contribution is -2.17. The molecule has 2 saturated heterocycles. The van der Waals surface area contributed by atoms with Gasteiger partial charge in [-0.2, -0.15) is 0 Å². The highest BCUT2D eigenvalue weighted by Gasteiger charge is 2.25. The highest BCUT2D eigenvalue weighted by atomic mass is 32.2. The predicted octanol–water partition coefficient (Wildman–Crippen LogP) is 4.80. The molecule has 0 unspecified atom stereocenters. The van der Waals surface area contributed by atoms with Crippen molar-refractivity contribution >= 4 is 68.9 Å². The van der Waals surface area contributed by atoms with Gasteiger partial charge in [0.1, 0.15) is 5.58 Å². The van der Waals surface area contributed by atoms with Gasteiger partial charge in [-0.1, -0.05) is 18.2 Å². The number of ether oxygens (including phenoxy) is 1. The van der Waals surface area contributed by atoms with Gasteiger partial charge in [0.2, 0.25) is 0 Å². The monoisotopic (exact) mass is 492 g/mol. The van der Waals surface area contributed by atoms with Gasteiger partial charge in [0.25, 0.3) is 22.3 Å². The van der Waals surface area contributed by atoms with Crippen LogP contribution < -0.4 is 10.6 Å². The molecule has 2 N–H and O–H groups in total. The second-order valence-electron chi connectivity index (χ2n) is 7.44. The molecule has 170 valence electrons. The lowest BCUT2D eigenvalue weighted by Gasteiger charge is -1.99. The summed E-state index contributed by atoms with van der Waals surface area (Å²) in [5.74, 6) is -0.663. The van der Waals surface area contributed by atoms with Crippen molar-refractivity contribution < 1.29 is 28.3 Å². The third-order valence-electron chi connectivity index (χ3n) is 5.10. The summed E-state index contributed by atoms with van der Waals surface area (Å²) in [5.41, 5.74) is 4.92. The van der Waals surface area contributed by atoms with Gasteiger partial charge < -0.3 is 9.15 Å². The molecule has 0 radical (unpaired) electrons. The third-order valence-corrected chi connectivity index (χ3v) is 6.72. The molecule has 4 amide bonds. The first kappa shape index (κ1) is 22.2. The number of hydrogen-bond acceptors (Lipinski definition) is 8. The van der Waals surface area contributed by atoms with E-state index in [2.05, 4.69) is 10.6 Å². The Hall–Kier alpha value is -3.60. The molecule has 0 saturated carbocycles. The number of amides is 4. The Bertz CT molecular complexity index is 1420. The largest absolute Gasteiger partial charge is 0.464 e. The van der Waals surface area contributed by atoms with E-state index in [1.54, 1.807) is 18.4 Å². The number of hydrogen-bond donors (Lipinski definition) is 2. The van der Waals surface area contributed by atoms with Gasteiger partial charge in [-0.15, -0.1) is 0 Å². The first-order valence-corrected chi connectivity index (χ1v) is 11.7. The Morgan fingerprint density at radius 3 is 2.00 bits per heavy atom. The van der Waals surface area contributed by atoms with Crippen LogP contribution in [0.5, 0.6) is 0 Å². The fourth-order valence-corrected chi connectivity index (χ4v) is 4.87. The fourth-order valence-electron chi connectivity index (χ4n) is 3.50. The Balaban J connectivity index is 0.000000142. The van der Waals surface area contributed by atoms with E-state index in [9.17, 15) is 19.2 Å². The minimum absolute atomic E-state index is 0.314. The van der Waals surface area contributed by atoms with E-state index in [4.69, 9.17) is 9.15 Å². The second kappa shape index (κ2) is 9.34. The summed E-state index contributed by atoms with van der Waals surface area (Å²) in [7, 11) is 0. The molecular formula is C24H16N2O6S2. The van der Waals surface area contributed by atoms with Crippen molar-refractivity contribution in [3.63, 3.8) is 0 Å². The van der Waals surface area contributed by atoms with E-state index >= 15 is 0 Å². The van der Waals surface area contributed by atoms with Gasteiger partial charge >= 0.3 is 0 Å². The van der Waals surface area contributed by atoms with Gasteiger partial charge in [-0.3, -0.25) is 29.8 Å². The van der Waals surface area contributed by atoms with Crippen LogP contribution in [-0.4, -0.2) is 22.3 Å². The molecular weight excluding hydrogens is 476 g/mol. The van der Waals surface area contributed by atoms with Crippen LogP contribution in [0.4, 0.5) is 9.59 Å². The Labute approximate surface area is 201 Å². The summed E-state index contributed by atoms with van der Waals surface area (Å²) in [4.78, 5) is 45.6. The molecule has 8 nitrogen and oxygen atoms in total. The smallest absolute Gasteiger partial charge is 0.290 e. The van der Waals surface area contributed by atoms with Crippen molar-refractivity contribution in [3.8, 4) is 0 Å². The molecule has 0 bridgehead atoms. The summed E-state index contributed by atoms with van der Waals surface area (Å²) in [5, 5.41) is 4.77. The molecule has 2 aromatic carbocycles. The molecule has 3 aromatic rings. The van der Waals surface area contributed by atoms with Crippen LogP contribution in [0.15, 0.2) is 63.0 Å². The van der Waals surface area contributed by atoms with Crippen LogP contribution in [0, 0.1) is 0 Å². The molecule has 3 aliphatic heterocycles. The Morgan fingerprint density at radius 2 is 1.35 bits per heavy atom. The van der Waals surface area contributed by atoms with E-state index in [-0.39, 0.29) is 22.3 Å². The maximum absolute atomic E-state index is 11.4.